The normalized spacial score (nSPS) is 21.1. The highest BCUT2D eigenvalue weighted by atomic mass is 15.3. The van der Waals surface area contributed by atoms with Gasteiger partial charge in [-0.15, -0.1) is 5.10 Å². The van der Waals surface area contributed by atoms with Gasteiger partial charge in [-0.3, -0.25) is 4.68 Å². The molecule has 0 bridgehead atoms. The molecule has 2 N–H and O–H groups in total. The van der Waals surface area contributed by atoms with Gasteiger partial charge in [0, 0.05) is 31.1 Å². The average Bonchev–Trinajstić information content (AvgIpc) is 2.64. The molecule has 0 radical (unpaired) electrons. The smallest absolute Gasteiger partial charge is 0.123 e. The van der Waals surface area contributed by atoms with Crippen LogP contribution in [0.1, 0.15) is 25.3 Å². The summed E-state index contributed by atoms with van der Waals surface area (Å²) < 4.78 is 1.77. The summed E-state index contributed by atoms with van der Waals surface area (Å²) in [6.45, 7) is 2.13. The van der Waals surface area contributed by atoms with Crippen LogP contribution >= 0.6 is 0 Å². The lowest BCUT2D eigenvalue weighted by Gasteiger charge is -2.18. The third kappa shape index (κ3) is 1.91. The molecule has 1 aliphatic rings. The first-order valence-electron chi connectivity index (χ1n) is 5.09. The summed E-state index contributed by atoms with van der Waals surface area (Å²) in [6, 6.07) is 0. The van der Waals surface area contributed by atoms with E-state index in [9.17, 15) is 0 Å². The maximum atomic E-state index is 5.67. The molecule has 0 amide bonds. The summed E-state index contributed by atoms with van der Waals surface area (Å²) >= 11 is 0. The van der Waals surface area contributed by atoms with E-state index in [4.69, 9.17) is 5.73 Å². The molecule has 15 heavy (non-hydrogen) atoms. The molecule has 0 fully saturated rings. The Labute approximate surface area is 88.7 Å². The third-order valence-electron chi connectivity index (χ3n) is 2.62. The Morgan fingerprint density at radius 3 is 2.93 bits per heavy atom. The van der Waals surface area contributed by atoms with Crippen LogP contribution < -0.4 is 5.73 Å². The molecule has 1 unspecified atom stereocenters. The number of hydrogen-bond acceptors (Lipinski definition) is 4. The van der Waals surface area contributed by atoms with Crippen LogP contribution in [0.15, 0.2) is 22.6 Å². The van der Waals surface area contributed by atoms with Gasteiger partial charge in [0.1, 0.15) is 5.84 Å². The third-order valence-corrected chi connectivity index (χ3v) is 2.62. The Kier molecular flexibility index (Phi) is 2.53. The maximum absolute atomic E-state index is 5.67. The Morgan fingerprint density at radius 1 is 1.53 bits per heavy atom. The van der Waals surface area contributed by atoms with E-state index < -0.39 is 0 Å². The number of nitrogens with two attached hydrogens (primary N) is 1. The number of hydrogen-bond donors (Lipinski definition) is 1. The van der Waals surface area contributed by atoms with Gasteiger partial charge in [-0.2, -0.15) is 10.2 Å². The van der Waals surface area contributed by atoms with Crippen molar-refractivity contribution in [3.8, 4) is 0 Å². The zero-order valence-corrected chi connectivity index (χ0v) is 9.01. The largest absolute Gasteiger partial charge is 0.386 e. The molecule has 1 aromatic rings. The van der Waals surface area contributed by atoms with Crippen molar-refractivity contribution in [3.63, 3.8) is 0 Å². The number of amidine groups is 1. The minimum atomic E-state index is 0.367. The van der Waals surface area contributed by atoms with Crippen molar-refractivity contribution < 1.29 is 0 Å². The van der Waals surface area contributed by atoms with E-state index in [-0.39, 0.29) is 0 Å². The molecule has 5 nitrogen and oxygen atoms in total. The van der Waals surface area contributed by atoms with Crippen molar-refractivity contribution in [1.82, 2.24) is 9.78 Å². The molecule has 0 aliphatic carbocycles. The topological polar surface area (TPSA) is 68.6 Å². The molecule has 0 saturated heterocycles. The fraction of sp³-hybridized carbons (Fsp3) is 0.500. The van der Waals surface area contributed by atoms with Crippen LogP contribution in [0.4, 0.5) is 0 Å². The SMILES string of the molecule is CCC1CC(N)=NN=C1c1cnn(C)c1. The van der Waals surface area contributed by atoms with E-state index in [2.05, 4.69) is 22.2 Å². The number of aromatic nitrogens is 2. The van der Waals surface area contributed by atoms with Gasteiger partial charge >= 0.3 is 0 Å². The number of rotatable bonds is 2. The van der Waals surface area contributed by atoms with E-state index in [0.29, 0.717) is 11.8 Å². The average molecular weight is 205 g/mol. The van der Waals surface area contributed by atoms with Crippen LogP contribution in [0, 0.1) is 5.92 Å². The van der Waals surface area contributed by atoms with Crippen LogP contribution in [0.3, 0.4) is 0 Å². The van der Waals surface area contributed by atoms with Gasteiger partial charge in [0.25, 0.3) is 0 Å². The van der Waals surface area contributed by atoms with E-state index in [1.165, 1.54) is 0 Å². The van der Waals surface area contributed by atoms with Crippen LogP contribution in [0.25, 0.3) is 0 Å². The highest BCUT2D eigenvalue weighted by Crippen LogP contribution is 2.20. The van der Waals surface area contributed by atoms with Crippen LogP contribution in [-0.4, -0.2) is 21.3 Å². The predicted molar refractivity (Wildman–Crippen MR) is 59.8 cm³/mol. The predicted octanol–water partition coefficient (Wildman–Crippen LogP) is 0.911. The Morgan fingerprint density at radius 2 is 2.33 bits per heavy atom. The highest BCUT2D eigenvalue weighted by molar-refractivity contribution is 6.05. The van der Waals surface area contributed by atoms with Crippen LogP contribution in [0.2, 0.25) is 0 Å². The molecule has 0 saturated carbocycles. The first-order valence-corrected chi connectivity index (χ1v) is 5.09. The van der Waals surface area contributed by atoms with Gasteiger partial charge in [-0.25, -0.2) is 0 Å². The maximum Gasteiger partial charge on any atom is 0.123 e. The summed E-state index contributed by atoms with van der Waals surface area (Å²) in [6.07, 6.45) is 5.59. The molecule has 80 valence electrons. The first-order chi connectivity index (χ1) is 7.20. The van der Waals surface area contributed by atoms with Crippen molar-refractivity contribution in [2.24, 2.45) is 28.9 Å². The second-order valence-electron chi connectivity index (χ2n) is 3.79. The van der Waals surface area contributed by atoms with E-state index in [1.54, 1.807) is 4.68 Å². The quantitative estimate of drug-likeness (QED) is 0.779. The van der Waals surface area contributed by atoms with Crippen molar-refractivity contribution in [1.29, 1.82) is 0 Å². The molecule has 1 atom stereocenters. The van der Waals surface area contributed by atoms with Crippen LogP contribution in [0.5, 0.6) is 0 Å². The standard InChI is InChI=1S/C10H15N5/c1-3-7-4-9(11)13-14-10(7)8-5-12-15(2)6-8/h5-7H,3-4H2,1-2H3,(H2,11,13). The molecule has 2 heterocycles. The molecular weight excluding hydrogens is 190 g/mol. The van der Waals surface area contributed by atoms with Crippen molar-refractivity contribution in [2.45, 2.75) is 19.8 Å². The number of nitrogens with zero attached hydrogens (tertiary/aromatic N) is 4. The Bertz CT molecular complexity index is 415. The fourth-order valence-corrected chi connectivity index (χ4v) is 1.77. The Balaban J connectivity index is 2.34. The lowest BCUT2D eigenvalue weighted by atomic mass is 9.92. The lowest BCUT2D eigenvalue weighted by molar-refractivity contribution is 0.677. The second-order valence-corrected chi connectivity index (χ2v) is 3.79. The van der Waals surface area contributed by atoms with E-state index >= 15 is 0 Å². The summed E-state index contributed by atoms with van der Waals surface area (Å²) in [5.41, 5.74) is 7.71. The second kappa shape index (κ2) is 3.84. The molecule has 1 aromatic heterocycles. The van der Waals surface area contributed by atoms with Crippen molar-refractivity contribution >= 4 is 11.5 Å². The van der Waals surface area contributed by atoms with E-state index in [0.717, 1.165) is 24.1 Å². The van der Waals surface area contributed by atoms with Gasteiger partial charge in [0.15, 0.2) is 0 Å². The Hall–Kier alpha value is -1.65. The van der Waals surface area contributed by atoms with Gasteiger partial charge in [0.05, 0.1) is 11.9 Å². The van der Waals surface area contributed by atoms with E-state index in [1.807, 2.05) is 19.4 Å². The fourth-order valence-electron chi connectivity index (χ4n) is 1.77. The van der Waals surface area contributed by atoms with Gasteiger partial charge in [-0.1, -0.05) is 6.92 Å². The summed E-state index contributed by atoms with van der Waals surface area (Å²) in [5, 5.41) is 12.2. The summed E-state index contributed by atoms with van der Waals surface area (Å²) in [7, 11) is 1.89. The first kappa shape index (κ1) is 9.89. The molecule has 2 rings (SSSR count). The van der Waals surface area contributed by atoms with Gasteiger partial charge in [0.2, 0.25) is 0 Å². The van der Waals surface area contributed by atoms with Gasteiger partial charge < -0.3 is 5.73 Å². The molecule has 1 aliphatic heterocycles. The minimum Gasteiger partial charge on any atom is -0.386 e. The summed E-state index contributed by atoms with van der Waals surface area (Å²) in [4.78, 5) is 0. The molecule has 5 heteroatoms. The molecule has 0 spiro atoms. The van der Waals surface area contributed by atoms with Crippen LogP contribution in [-0.2, 0) is 7.05 Å². The molecule has 0 aromatic carbocycles. The highest BCUT2D eigenvalue weighted by Gasteiger charge is 2.21. The minimum absolute atomic E-state index is 0.367. The van der Waals surface area contributed by atoms with Crippen molar-refractivity contribution in [2.75, 3.05) is 0 Å². The van der Waals surface area contributed by atoms with Gasteiger partial charge in [-0.05, 0) is 6.42 Å². The monoisotopic (exact) mass is 205 g/mol. The summed E-state index contributed by atoms with van der Waals surface area (Å²) in [5.74, 6) is 0.987. The lowest BCUT2D eigenvalue weighted by Crippen LogP contribution is -2.26. The zero-order chi connectivity index (χ0) is 10.8. The number of aryl methyl sites for hydroxylation is 1. The van der Waals surface area contributed by atoms with Crippen molar-refractivity contribution in [3.05, 3.63) is 18.0 Å². The zero-order valence-electron chi connectivity index (χ0n) is 9.01. The molecular formula is C10H15N5.